The van der Waals surface area contributed by atoms with Gasteiger partial charge in [0.25, 0.3) is 0 Å². The molecule has 0 N–H and O–H groups in total. The Hall–Kier alpha value is -0.510. The van der Waals surface area contributed by atoms with Crippen molar-refractivity contribution in [2.75, 3.05) is 12.4 Å². The van der Waals surface area contributed by atoms with Crippen LogP contribution in [0.1, 0.15) is 6.92 Å². The maximum atomic E-state index is 10.8. The molecule has 0 aromatic carbocycles. The van der Waals surface area contributed by atoms with Gasteiger partial charge < -0.3 is 4.74 Å². The Balaban J connectivity index is 2.52. The zero-order valence-electron chi connectivity index (χ0n) is 5.83. The molecule has 1 aliphatic heterocycles. The van der Waals surface area contributed by atoms with Crippen LogP contribution in [0, 0.1) is 0 Å². The second kappa shape index (κ2) is 1.99. The topological polar surface area (TPSA) is 43.4 Å². The molecule has 3 nitrogen and oxygen atoms in total. The Morgan fingerprint density at radius 1 is 1.80 bits per heavy atom. The largest absolute Gasteiger partial charge is 0.500 e. The number of hydrogen-bond acceptors (Lipinski definition) is 3. The van der Waals surface area contributed by atoms with Crippen LogP contribution >= 0.6 is 0 Å². The fourth-order valence-electron chi connectivity index (χ4n) is 0.739. The molecule has 0 saturated carbocycles. The molecule has 1 saturated heterocycles. The summed E-state index contributed by atoms with van der Waals surface area (Å²) in [7, 11) is -2.80. The summed E-state index contributed by atoms with van der Waals surface area (Å²) in [5.41, 5.74) is 0. The highest BCUT2D eigenvalue weighted by Gasteiger charge is 2.57. The van der Waals surface area contributed by atoms with Gasteiger partial charge >= 0.3 is 0 Å². The van der Waals surface area contributed by atoms with Gasteiger partial charge in [-0.3, -0.25) is 0 Å². The molecule has 0 aromatic heterocycles. The molecule has 10 heavy (non-hydrogen) atoms. The van der Waals surface area contributed by atoms with Crippen molar-refractivity contribution in [2.45, 2.75) is 11.7 Å². The van der Waals surface area contributed by atoms with E-state index in [-0.39, 0.29) is 12.4 Å². The van der Waals surface area contributed by atoms with E-state index in [0.29, 0.717) is 0 Å². The summed E-state index contributed by atoms with van der Waals surface area (Å²) >= 11 is 0. The monoisotopic (exact) mass is 162 g/mol. The van der Waals surface area contributed by atoms with Crippen molar-refractivity contribution < 1.29 is 13.2 Å². The first-order chi connectivity index (χ1) is 4.52. The van der Waals surface area contributed by atoms with Crippen LogP contribution in [0.3, 0.4) is 0 Å². The van der Waals surface area contributed by atoms with Gasteiger partial charge in [0.15, 0.2) is 9.84 Å². The molecule has 0 radical (unpaired) electrons. The standard InChI is InChI=1S/C6H10O3S/c1-3-9-4-6(2)5-10(6,7)8/h3H,1,4-5H2,2H3. The van der Waals surface area contributed by atoms with E-state index in [1.807, 2.05) is 0 Å². The summed E-state index contributed by atoms with van der Waals surface area (Å²) < 4.78 is 25.7. The van der Waals surface area contributed by atoms with Crippen molar-refractivity contribution in [1.29, 1.82) is 0 Å². The van der Waals surface area contributed by atoms with Crippen molar-refractivity contribution in [3.8, 4) is 0 Å². The number of sulfone groups is 1. The van der Waals surface area contributed by atoms with Gasteiger partial charge in [-0.25, -0.2) is 8.42 Å². The average molecular weight is 162 g/mol. The lowest BCUT2D eigenvalue weighted by Gasteiger charge is -2.02. The van der Waals surface area contributed by atoms with Crippen LogP contribution in [-0.2, 0) is 14.6 Å². The third-order valence-corrected chi connectivity index (χ3v) is 4.10. The lowest BCUT2D eigenvalue weighted by atomic mass is 10.2. The Morgan fingerprint density at radius 2 is 2.30 bits per heavy atom. The van der Waals surface area contributed by atoms with Crippen LogP contribution in [0.5, 0.6) is 0 Å². The van der Waals surface area contributed by atoms with Crippen LogP contribution in [0.4, 0.5) is 0 Å². The lowest BCUT2D eigenvalue weighted by molar-refractivity contribution is 0.236. The maximum Gasteiger partial charge on any atom is 0.161 e. The molecule has 0 spiro atoms. The van der Waals surface area contributed by atoms with Crippen LogP contribution in [0.15, 0.2) is 12.8 Å². The average Bonchev–Trinajstić information content (AvgIpc) is 2.29. The van der Waals surface area contributed by atoms with Crippen molar-refractivity contribution in [2.24, 2.45) is 0 Å². The predicted molar refractivity (Wildman–Crippen MR) is 38.3 cm³/mol. The molecule has 1 unspecified atom stereocenters. The van der Waals surface area contributed by atoms with Crippen molar-refractivity contribution >= 4 is 9.84 Å². The van der Waals surface area contributed by atoms with Gasteiger partial charge in [-0.15, -0.1) is 0 Å². The molecule has 0 bridgehead atoms. The summed E-state index contributed by atoms with van der Waals surface area (Å²) in [6.45, 7) is 5.23. The number of ether oxygens (including phenoxy) is 1. The lowest BCUT2D eigenvalue weighted by Crippen LogP contribution is -2.14. The van der Waals surface area contributed by atoms with E-state index in [1.165, 1.54) is 6.26 Å². The van der Waals surface area contributed by atoms with Gasteiger partial charge in [0, 0.05) is 0 Å². The Kier molecular flexibility index (Phi) is 1.51. The maximum absolute atomic E-state index is 10.8. The normalized spacial score (nSPS) is 34.9. The molecular weight excluding hydrogens is 152 g/mol. The summed E-state index contributed by atoms with van der Waals surface area (Å²) in [6, 6.07) is 0. The van der Waals surface area contributed by atoms with E-state index < -0.39 is 14.6 Å². The van der Waals surface area contributed by atoms with Gasteiger partial charge in [-0.05, 0) is 6.92 Å². The highest BCUT2D eigenvalue weighted by Crippen LogP contribution is 2.35. The van der Waals surface area contributed by atoms with E-state index in [9.17, 15) is 8.42 Å². The smallest absolute Gasteiger partial charge is 0.161 e. The molecule has 1 atom stereocenters. The number of hydrogen-bond donors (Lipinski definition) is 0. The van der Waals surface area contributed by atoms with Gasteiger partial charge in [-0.2, -0.15) is 0 Å². The first kappa shape index (κ1) is 7.60. The number of rotatable bonds is 3. The van der Waals surface area contributed by atoms with E-state index in [1.54, 1.807) is 6.92 Å². The van der Waals surface area contributed by atoms with Crippen molar-refractivity contribution in [1.82, 2.24) is 0 Å². The SMILES string of the molecule is C=COCC1(C)CS1(=O)=O. The third-order valence-electron chi connectivity index (χ3n) is 1.66. The van der Waals surface area contributed by atoms with Crippen LogP contribution in [0.25, 0.3) is 0 Å². The van der Waals surface area contributed by atoms with Crippen molar-refractivity contribution in [3.05, 3.63) is 12.8 Å². The van der Waals surface area contributed by atoms with Gasteiger partial charge in [0.1, 0.15) is 11.4 Å². The summed E-state index contributed by atoms with van der Waals surface area (Å²) in [4.78, 5) is 0. The first-order valence-corrected chi connectivity index (χ1v) is 4.62. The Labute approximate surface area is 60.6 Å². The fraction of sp³-hybridized carbons (Fsp3) is 0.667. The zero-order valence-corrected chi connectivity index (χ0v) is 6.65. The second-order valence-electron chi connectivity index (χ2n) is 2.69. The third kappa shape index (κ3) is 1.03. The Bertz CT molecular complexity index is 242. The van der Waals surface area contributed by atoms with Crippen LogP contribution in [0.2, 0.25) is 0 Å². The van der Waals surface area contributed by atoms with E-state index in [0.717, 1.165) is 0 Å². The molecule has 0 amide bonds. The molecular formula is C6H10O3S. The summed E-state index contributed by atoms with van der Waals surface area (Å²) in [5, 5.41) is 0. The fourth-order valence-corrected chi connectivity index (χ4v) is 2.10. The molecule has 1 rings (SSSR count). The van der Waals surface area contributed by atoms with Gasteiger partial charge in [0.2, 0.25) is 0 Å². The van der Waals surface area contributed by atoms with E-state index >= 15 is 0 Å². The van der Waals surface area contributed by atoms with Gasteiger partial charge in [0.05, 0.1) is 12.0 Å². The highest BCUT2D eigenvalue weighted by atomic mass is 32.2. The zero-order chi connectivity index (χ0) is 7.83. The van der Waals surface area contributed by atoms with Crippen LogP contribution < -0.4 is 0 Å². The molecule has 0 aromatic rings. The molecule has 0 aliphatic carbocycles. The molecule has 4 heteroatoms. The van der Waals surface area contributed by atoms with E-state index in [2.05, 4.69) is 6.58 Å². The molecule has 58 valence electrons. The minimum absolute atomic E-state index is 0.235. The molecule has 1 fully saturated rings. The Morgan fingerprint density at radius 3 is 2.60 bits per heavy atom. The quantitative estimate of drug-likeness (QED) is 0.444. The van der Waals surface area contributed by atoms with Crippen molar-refractivity contribution in [3.63, 3.8) is 0 Å². The molecule has 1 aliphatic rings. The highest BCUT2D eigenvalue weighted by molar-refractivity contribution is 8.00. The molecule has 1 heterocycles. The van der Waals surface area contributed by atoms with Gasteiger partial charge in [-0.1, -0.05) is 6.58 Å². The summed E-state index contributed by atoms with van der Waals surface area (Å²) in [6.07, 6.45) is 1.26. The van der Waals surface area contributed by atoms with E-state index in [4.69, 9.17) is 4.74 Å². The van der Waals surface area contributed by atoms with Crippen LogP contribution in [-0.4, -0.2) is 25.5 Å². The first-order valence-electron chi connectivity index (χ1n) is 2.97. The minimum Gasteiger partial charge on any atom is -0.500 e. The summed E-state index contributed by atoms with van der Waals surface area (Å²) in [5.74, 6) is 0.244. The minimum atomic E-state index is -2.80. The second-order valence-corrected chi connectivity index (χ2v) is 5.19. The predicted octanol–water partition coefficient (Wildman–Crippen LogP) is 0.334.